The number of hydrogen-bond acceptors (Lipinski definition) is 11. The smallest absolute Gasteiger partial charge is 0.201 e. The molecule has 6 rings (SSSR count). The SMILES string of the molecule is COc1cccc2c1C(=O)c1c(O)c3c(c(O)c1C2O)CC(O)(C(C)=O)CC3OC1CC(N=[N+]=[N-])C(OCc2ccccc2)C(C)O1. The number of fused-ring (bicyclic) bond motifs is 3. The van der Waals surface area contributed by atoms with Crippen LogP contribution in [0.5, 0.6) is 17.2 Å². The summed E-state index contributed by atoms with van der Waals surface area (Å²) in [4.78, 5) is 29.6. The number of ether oxygens (including phenoxy) is 4. The summed E-state index contributed by atoms with van der Waals surface area (Å²) < 4.78 is 23.9. The van der Waals surface area contributed by atoms with Gasteiger partial charge in [0.2, 0.25) is 5.78 Å². The van der Waals surface area contributed by atoms with E-state index in [0.29, 0.717) is 0 Å². The molecule has 47 heavy (non-hydrogen) atoms. The van der Waals surface area contributed by atoms with Crippen LogP contribution in [0.3, 0.4) is 0 Å². The van der Waals surface area contributed by atoms with Gasteiger partial charge in [0.25, 0.3) is 0 Å². The molecule has 1 fully saturated rings. The van der Waals surface area contributed by atoms with Gasteiger partial charge in [-0.2, -0.15) is 0 Å². The van der Waals surface area contributed by atoms with Crippen LogP contribution < -0.4 is 4.74 Å². The predicted octanol–water partition coefficient (Wildman–Crippen LogP) is 4.46. The number of nitrogens with zero attached hydrogens (tertiary/aromatic N) is 3. The Morgan fingerprint density at radius 2 is 1.85 bits per heavy atom. The van der Waals surface area contributed by atoms with Gasteiger partial charge in [0.15, 0.2) is 12.1 Å². The second-order valence-electron chi connectivity index (χ2n) is 12.2. The zero-order valence-corrected chi connectivity index (χ0v) is 26.0. The molecule has 0 bridgehead atoms. The number of hydrogen-bond donors (Lipinski definition) is 4. The molecule has 2 aliphatic carbocycles. The van der Waals surface area contributed by atoms with Crippen molar-refractivity contribution < 1.29 is 49.0 Å². The maximum atomic E-state index is 13.9. The first kappa shape index (κ1) is 32.5. The average Bonchev–Trinajstić information content (AvgIpc) is 3.04. The molecule has 13 nitrogen and oxygen atoms in total. The molecule has 7 unspecified atom stereocenters. The van der Waals surface area contributed by atoms with Crippen molar-refractivity contribution in [1.82, 2.24) is 0 Å². The van der Waals surface area contributed by atoms with Gasteiger partial charge in [-0.3, -0.25) is 9.59 Å². The predicted molar refractivity (Wildman–Crippen MR) is 165 cm³/mol. The van der Waals surface area contributed by atoms with E-state index in [4.69, 9.17) is 18.9 Å². The van der Waals surface area contributed by atoms with Crippen molar-refractivity contribution >= 4 is 11.6 Å². The topological polar surface area (TPSA) is 201 Å². The number of aliphatic hydroxyl groups excluding tert-OH is 1. The highest BCUT2D eigenvalue weighted by molar-refractivity contribution is 6.16. The molecule has 0 aromatic heterocycles. The summed E-state index contributed by atoms with van der Waals surface area (Å²) in [5, 5.41) is 50.1. The Balaban J connectivity index is 1.37. The van der Waals surface area contributed by atoms with E-state index in [0.717, 1.165) is 5.56 Å². The fourth-order valence-electron chi connectivity index (χ4n) is 6.94. The average molecular weight is 646 g/mol. The van der Waals surface area contributed by atoms with Crippen LogP contribution in [0.25, 0.3) is 10.4 Å². The van der Waals surface area contributed by atoms with E-state index in [2.05, 4.69) is 10.0 Å². The van der Waals surface area contributed by atoms with Gasteiger partial charge < -0.3 is 39.4 Å². The van der Waals surface area contributed by atoms with E-state index >= 15 is 0 Å². The third-order valence-corrected chi connectivity index (χ3v) is 9.34. The maximum absolute atomic E-state index is 13.9. The van der Waals surface area contributed by atoms with Crippen molar-refractivity contribution in [1.29, 1.82) is 0 Å². The number of phenols is 2. The Morgan fingerprint density at radius 1 is 1.11 bits per heavy atom. The summed E-state index contributed by atoms with van der Waals surface area (Å²) in [5.74, 6) is -2.24. The third-order valence-electron chi connectivity index (χ3n) is 9.34. The molecule has 3 aromatic rings. The second kappa shape index (κ2) is 12.6. The Morgan fingerprint density at radius 3 is 2.53 bits per heavy atom. The van der Waals surface area contributed by atoms with Gasteiger partial charge in [0.1, 0.15) is 29.0 Å². The molecule has 7 atom stereocenters. The number of aliphatic hydroxyl groups is 2. The van der Waals surface area contributed by atoms with E-state index in [-0.39, 0.29) is 58.6 Å². The van der Waals surface area contributed by atoms with E-state index in [9.17, 15) is 35.5 Å². The van der Waals surface area contributed by atoms with Crippen LogP contribution in [-0.2, 0) is 32.0 Å². The van der Waals surface area contributed by atoms with Gasteiger partial charge in [-0.15, -0.1) is 0 Å². The highest BCUT2D eigenvalue weighted by Crippen LogP contribution is 2.54. The molecule has 0 spiro atoms. The molecule has 3 aromatic carbocycles. The van der Waals surface area contributed by atoms with Crippen molar-refractivity contribution in [2.24, 2.45) is 5.11 Å². The second-order valence-corrected chi connectivity index (χ2v) is 12.2. The molecule has 3 aliphatic rings. The summed E-state index contributed by atoms with van der Waals surface area (Å²) in [5.41, 5.74) is 7.77. The standard InChI is InChI=1S/C34H35N3O10/c1-16-33(45-15-18-8-5-4-6-9-18)21(36-37-35)12-24(46-16)47-23-14-34(43,17(2)38)13-20-26(23)32(42)28-27(30(20)40)29(39)19-10-7-11-22(44-3)25(19)31(28)41/h4-11,16,21,23-24,29,33,39-40,42-43H,12-15H2,1-3H3. The molecule has 246 valence electrons. The maximum Gasteiger partial charge on any atom is 0.201 e. The lowest BCUT2D eigenvalue weighted by molar-refractivity contribution is -0.254. The van der Waals surface area contributed by atoms with E-state index in [1.54, 1.807) is 19.1 Å². The zero-order valence-electron chi connectivity index (χ0n) is 26.0. The van der Waals surface area contributed by atoms with Gasteiger partial charge in [0, 0.05) is 46.4 Å². The van der Waals surface area contributed by atoms with Crippen molar-refractivity contribution in [2.75, 3.05) is 7.11 Å². The van der Waals surface area contributed by atoms with E-state index < -0.39 is 71.8 Å². The fourth-order valence-corrected chi connectivity index (χ4v) is 6.94. The number of Topliss-reactive ketones (excluding diaryl/α,β-unsaturated/α-hetero) is 1. The molecule has 13 heteroatoms. The lowest BCUT2D eigenvalue weighted by atomic mass is 9.71. The lowest BCUT2D eigenvalue weighted by Crippen LogP contribution is -2.50. The molecule has 0 radical (unpaired) electrons. The number of ketones is 2. The minimum absolute atomic E-state index is 0.0230. The van der Waals surface area contributed by atoms with Crippen molar-refractivity contribution in [2.45, 2.75) is 82.1 Å². The Hall–Kier alpha value is -4.49. The van der Waals surface area contributed by atoms with Crippen LogP contribution in [0, 0.1) is 0 Å². The van der Waals surface area contributed by atoms with Gasteiger partial charge in [-0.25, -0.2) is 0 Å². The molecule has 1 aliphatic heterocycles. The van der Waals surface area contributed by atoms with Crippen LogP contribution in [0.2, 0.25) is 0 Å². The molecule has 4 N–H and O–H groups in total. The highest BCUT2D eigenvalue weighted by Gasteiger charge is 2.49. The zero-order chi connectivity index (χ0) is 33.6. The monoisotopic (exact) mass is 645 g/mol. The molecule has 0 saturated carbocycles. The molecular formula is C34H35N3O10. The lowest BCUT2D eigenvalue weighted by Gasteiger charge is -2.43. The molecule has 1 saturated heterocycles. The van der Waals surface area contributed by atoms with Gasteiger partial charge >= 0.3 is 0 Å². The van der Waals surface area contributed by atoms with E-state index in [1.165, 1.54) is 20.1 Å². The van der Waals surface area contributed by atoms with Gasteiger partial charge in [-0.1, -0.05) is 47.6 Å². The summed E-state index contributed by atoms with van der Waals surface area (Å²) in [6, 6.07) is 13.4. The number of phenolic OH excluding ortho intramolecular Hbond substituents is 2. The van der Waals surface area contributed by atoms with Gasteiger partial charge in [-0.05, 0) is 31.0 Å². The number of aromatic hydroxyl groups is 2. The quantitative estimate of drug-likeness (QED) is 0.117. The van der Waals surface area contributed by atoms with Crippen molar-refractivity contribution in [3.8, 4) is 17.2 Å². The first-order valence-corrected chi connectivity index (χ1v) is 15.2. The normalized spacial score (nSPS) is 28.0. The molecule has 1 heterocycles. The summed E-state index contributed by atoms with van der Waals surface area (Å²) in [6.07, 6.45) is -5.84. The number of rotatable bonds is 8. The number of benzene rings is 3. The number of carbonyl (C=O) groups excluding carboxylic acids is 2. The first-order chi connectivity index (χ1) is 22.5. The summed E-state index contributed by atoms with van der Waals surface area (Å²) in [7, 11) is 1.37. The Labute approximate surface area is 269 Å². The Bertz CT molecular complexity index is 1780. The van der Waals surface area contributed by atoms with Crippen molar-refractivity contribution in [3.63, 3.8) is 0 Å². The van der Waals surface area contributed by atoms with Crippen LogP contribution >= 0.6 is 0 Å². The van der Waals surface area contributed by atoms with Gasteiger partial charge in [0.05, 0.1) is 49.2 Å². The minimum atomic E-state index is -2.02. The molecule has 0 amide bonds. The number of methoxy groups -OCH3 is 1. The molecular weight excluding hydrogens is 610 g/mol. The summed E-state index contributed by atoms with van der Waals surface area (Å²) in [6.45, 7) is 3.18. The minimum Gasteiger partial charge on any atom is -0.507 e. The number of carbonyl (C=O) groups is 2. The van der Waals surface area contributed by atoms with Crippen LogP contribution in [0.4, 0.5) is 0 Å². The third kappa shape index (κ3) is 5.61. The number of azide groups is 1. The van der Waals surface area contributed by atoms with Crippen LogP contribution in [-0.4, -0.2) is 69.2 Å². The van der Waals surface area contributed by atoms with Crippen LogP contribution in [0.15, 0.2) is 53.6 Å². The van der Waals surface area contributed by atoms with E-state index in [1.807, 2.05) is 30.3 Å². The fraction of sp³-hybridized carbons (Fsp3) is 0.412. The largest absolute Gasteiger partial charge is 0.507 e. The Kier molecular flexibility index (Phi) is 8.70. The highest BCUT2D eigenvalue weighted by atomic mass is 16.7. The first-order valence-electron chi connectivity index (χ1n) is 15.2. The van der Waals surface area contributed by atoms with Crippen LogP contribution in [0.1, 0.15) is 82.6 Å². The van der Waals surface area contributed by atoms with Crippen molar-refractivity contribution in [3.05, 3.63) is 97.9 Å². The summed E-state index contributed by atoms with van der Waals surface area (Å²) >= 11 is 0.